The fraction of sp³-hybridized carbons (Fsp3) is 0.424. The number of ether oxygens (including phenoxy) is 4. The molecule has 10 aromatic carbocycles. The molecule has 0 aliphatic carbocycles. The number of anilines is 1. The van der Waals surface area contributed by atoms with E-state index in [0.29, 0.717) is 71.3 Å². The molecule has 0 atom stereocenters. The molecule has 590 valence electrons. The first-order chi connectivity index (χ1) is 52.5. The van der Waals surface area contributed by atoms with E-state index in [1.807, 2.05) is 66.7 Å². The minimum Gasteiger partial charge on any atom is -0.457 e. The van der Waals surface area contributed by atoms with Crippen molar-refractivity contribution < 1.29 is 52.5 Å². The fourth-order valence-electron chi connectivity index (χ4n) is 19.3. The molecule has 13 rings (SSSR count). The van der Waals surface area contributed by atoms with Crippen LogP contribution in [0.15, 0.2) is 140 Å². The van der Waals surface area contributed by atoms with Crippen LogP contribution < -0.4 is 23.8 Å². The van der Waals surface area contributed by atoms with E-state index in [0.717, 1.165) is 64.0 Å². The monoisotopic (exact) mass is 1520 g/mol. The van der Waals surface area contributed by atoms with E-state index < -0.39 is 54.3 Å². The molecule has 0 bridgehead atoms. The maximum absolute atomic E-state index is 16.8. The van der Waals surface area contributed by atoms with Gasteiger partial charge in [-0.05, 0) is 187 Å². The van der Waals surface area contributed by atoms with E-state index in [9.17, 15) is 14.4 Å². The Bertz CT molecular complexity index is 5190. The van der Waals surface area contributed by atoms with Crippen molar-refractivity contribution in [2.45, 2.75) is 245 Å². The molecule has 113 heavy (non-hydrogen) atoms. The summed E-state index contributed by atoms with van der Waals surface area (Å²) in [5.74, 6) is -2.85. The van der Waals surface area contributed by atoms with Gasteiger partial charge in [-0.15, -0.1) is 0 Å². The molecule has 1 saturated heterocycles. The third-order valence-corrected chi connectivity index (χ3v) is 22.7. The van der Waals surface area contributed by atoms with Gasteiger partial charge in [-0.1, -0.05) is 233 Å². The predicted molar refractivity (Wildman–Crippen MR) is 454 cm³/mol. The zero-order chi connectivity index (χ0) is 82.3. The fourth-order valence-corrected chi connectivity index (χ4v) is 19.3. The Hall–Kier alpha value is -10.2. The van der Waals surface area contributed by atoms with Gasteiger partial charge in [0, 0.05) is 68.9 Å². The Labute approximate surface area is 667 Å². The number of fused-ring (bicyclic) bond motifs is 2. The maximum atomic E-state index is 16.8. The number of imide groups is 5. The first-order valence-electron chi connectivity index (χ1n) is 40.3. The highest BCUT2D eigenvalue weighted by atomic mass is 16.5. The molecule has 14 heteroatoms. The summed E-state index contributed by atoms with van der Waals surface area (Å²) >= 11 is 0. The first-order valence-corrected chi connectivity index (χ1v) is 40.3. The highest BCUT2D eigenvalue weighted by Gasteiger charge is 2.45. The topological polar surface area (TPSA) is 166 Å². The smallest absolute Gasteiger partial charge is 0.266 e. The summed E-state index contributed by atoms with van der Waals surface area (Å²) in [4.78, 5) is 109. The second kappa shape index (κ2) is 28.7. The number of amides is 7. The number of hydrogen-bond donors (Lipinski definition) is 0. The molecule has 0 saturated carbocycles. The summed E-state index contributed by atoms with van der Waals surface area (Å²) < 4.78 is 30.1. The molecule has 3 aliphatic rings. The van der Waals surface area contributed by atoms with E-state index in [1.54, 1.807) is 24.3 Å². The van der Waals surface area contributed by atoms with Gasteiger partial charge in [-0.3, -0.25) is 38.5 Å². The van der Waals surface area contributed by atoms with Crippen LogP contribution in [0.5, 0.6) is 46.0 Å². The average molecular weight is 1520 g/mol. The lowest BCUT2D eigenvalue weighted by Gasteiger charge is -2.34. The average Bonchev–Trinajstić information content (AvgIpc) is 0.774. The van der Waals surface area contributed by atoms with Gasteiger partial charge in [0.05, 0.1) is 27.9 Å². The van der Waals surface area contributed by atoms with Crippen molar-refractivity contribution in [3.05, 3.63) is 195 Å². The summed E-state index contributed by atoms with van der Waals surface area (Å²) in [7, 11) is 0. The standard InChI is InChI=1S/C99H113N3O11/c1-56(2)66-26-25-27-67(57(3)4)87(66)102-90(108)70-50-74(112-64-40-32-60(33-41-64)98(21,22)54-94(11,12)13)83-81-72(110-62-36-28-58(29-37-62)96(17,18)52-92(5,6)7)48-68-79-69(89(107)100(88(68)106)47-46-78(105)101-76(103)44-45-77(101)104)49-73(111-63-38-30-59(31-39-63)97(19,20)53-93(8,9)10)82(85(79)81)84-75(51-71(91(102)109)80(70)86(83)84)113-65-42-34-61(35-43-65)99(23,24)55-95(14,15)16/h25-43,48-51,56-57H,44-47,52-55H2,1-24H3. The number of likely N-dealkylation sites (tertiary alicyclic amines) is 1. The van der Waals surface area contributed by atoms with E-state index in [4.69, 9.17) is 18.9 Å². The van der Waals surface area contributed by atoms with Crippen molar-refractivity contribution in [2.75, 3.05) is 11.4 Å². The molecule has 1 fully saturated rings. The van der Waals surface area contributed by atoms with Crippen LogP contribution in [-0.2, 0) is 36.0 Å². The third-order valence-electron chi connectivity index (χ3n) is 22.7. The van der Waals surface area contributed by atoms with E-state index in [2.05, 4.69) is 215 Å². The second-order valence-electron chi connectivity index (χ2n) is 40.2. The van der Waals surface area contributed by atoms with Crippen LogP contribution in [0.25, 0.3) is 43.1 Å². The first kappa shape index (κ1) is 80.8. The minimum absolute atomic E-state index is 0.00317. The summed E-state index contributed by atoms with van der Waals surface area (Å²) in [6.45, 7) is 52.3. The van der Waals surface area contributed by atoms with Crippen LogP contribution in [0.4, 0.5) is 5.69 Å². The zero-order valence-corrected chi connectivity index (χ0v) is 70.9. The maximum Gasteiger partial charge on any atom is 0.266 e. The summed E-state index contributed by atoms with van der Waals surface area (Å²) in [5, 5.41) is 2.63. The molecule has 0 N–H and O–H groups in total. The van der Waals surface area contributed by atoms with Crippen molar-refractivity contribution >= 4 is 90.1 Å². The SMILES string of the molecule is CC(C)c1cccc(C(C)C)c1N1C(=O)c2cc(Oc3ccc(C(C)(C)CC(C)(C)C)cc3)c3c4c(Oc5ccc(C(C)(C)CC(C)(C)C)cc5)cc5c6c(cc(Oc7ccc(C(C)(C)CC(C)(C)C)cc7)c(c7c(Oc8ccc(C(C)(C)CC(C)(C)C)cc8)cc(c2c37)C1=O)c64)C(=O)N(CCC(=O)N1C(=O)CCC1=O)C5=O. The minimum atomic E-state index is -0.835. The zero-order valence-electron chi connectivity index (χ0n) is 70.9. The molecule has 0 spiro atoms. The Kier molecular flexibility index (Phi) is 20.5. The van der Waals surface area contributed by atoms with Crippen LogP contribution in [0, 0.1) is 21.7 Å². The molecule has 14 nitrogen and oxygen atoms in total. The van der Waals surface area contributed by atoms with Crippen molar-refractivity contribution in [2.24, 2.45) is 21.7 Å². The molecule has 3 heterocycles. The van der Waals surface area contributed by atoms with Crippen LogP contribution in [0.3, 0.4) is 0 Å². The van der Waals surface area contributed by atoms with Crippen molar-refractivity contribution in [3.63, 3.8) is 0 Å². The number of para-hydroxylation sites is 1. The van der Waals surface area contributed by atoms with Gasteiger partial charge >= 0.3 is 0 Å². The molecule has 7 amide bonds. The number of carbonyl (C=O) groups excluding carboxylic acids is 7. The van der Waals surface area contributed by atoms with Gasteiger partial charge in [0.1, 0.15) is 46.0 Å². The number of nitrogens with zero attached hydrogens (tertiary/aromatic N) is 3. The quantitative estimate of drug-likeness (QED) is 0.0360. The van der Waals surface area contributed by atoms with Gasteiger partial charge in [0.25, 0.3) is 23.6 Å². The normalized spacial score (nSPS) is 14.9. The van der Waals surface area contributed by atoms with E-state index in [1.165, 1.54) is 4.90 Å². The van der Waals surface area contributed by atoms with Crippen LogP contribution in [0.2, 0.25) is 0 Å². The lowest BCUT2D eigenvalue weighted by atomic mass is 9.72. The molecule has 10 aromatic rings. The number of rotatable bonds is 22. The Morgan fingerprint density at radius 2 is 0.602 bits per heavy atom. The van der Waals surface area contributed by atoms with Gasteiger partial charge in [0.2, 0.25) is 17.7 Å². The van der Waals surface area contributed by atoms with Crippen molar-refractivity contribution in [3.8, 4) is 46.0 Å². The summed E-state index contributed by atoms with van der Waals surface area (Å²) in [6.07, 6.45) is 2.70. The molecule has 3 aliphatic heterocycles. The lowest BCUT2D eigenvalue weighted by molar-refractivity contribution is -0.149. The van der Waals surface area contributed by atoms with Gasteiger partial charge in [0.15, 0.2) is 0 Å². The van der Waals surface area contributed by atoms with Gasteiger partial charge < -0.3 is 18.9 Å². The van der Waals surface area contributed by atoms with Crippen LogP contribution >= 0.6 is 0 Å². The molecular weight excluding hydrogens is 1410 g/mol. The molecular formula is C99H113N3O11. The van der Waals surface area contributed by atoms with Gasteiger partial charge in [-0.2, -0.15) is 0 Å². The Morgan fingerprint density at radius 1 is 0.345 bits per heavy atom. The summed E-state index contributed by atoms with van der Waals surface area (Å²) in [6, 6.07) is 44.5. The van der Waals surface area contributed by atoms with Crippen molar-refractivity contribution in [1.29, 1.82) is 0 Å². The largest absolute Gasteiger partial charge is 0.457 e. The van der Waals surface area contributed by atoms with Crippen LogP contribution in [0.1, 0.15) is 298 Å². The third kappa shape index (κ3) is 15.7. The van der Waals surface area contributed by atoms with Gasteiger partial charge in [-0.25, -0.2) is 9.80 Å². The Morgan fingerprint density at radius 3 is 0.850 bits per heavy atom. The van der Waals surface area contributed by atoms with Crippen molar-refractivity contribution in [1.82, 2.24) is 9.80 Å². The Balaban J connectivity index is 1.20. The lowest BCUT2D eigenvalue weighted by Crippen LogP contribution is -2.43. The number of carbonyl (C=O) groups is 7. The second-order valence-corrected chi connectivity index (χ2v) is 40.2. The highest BCUT2D eigenvalue weighted by molar-refractivity contribution is 6.47. The van der Waals surface area contributed by atoms with E-state index >= 15 is 19.2 Å². The predicted octanol–water partition coefficient (Wildman–Crippen LogP) is 25.5. The number of hydrogen-bond acceptors (Lipinski definition) is 11. The van der Waals surface area contributed by atoms with Crippen LogP contribution in [-0.4, -0.2) is 57.7 Å². The number of benzene rings is 10. The molecule has 0 aromatic heterocycles. The summed E-state index contributed by atoms with van der Waals surface area (Å²) in [5.41, 5.74) is 5.73. The molecule has 0 radical (unpaired) electrons. The van der Waals surface area contributed by atoms with E-state index in [-0.39, 0.29) is 119 Å². The highest BCUT2D eigenvalue weighted by Crippen LogP contribution is 2.59. The molecule has 0 unspecified atom stereocenters.